The number of ether oxygens (including phenoxy) is 2. The van der Waals surface area contributed by atoms with Crippen molar-refractivity contribution in [1.82, 2.24) is 4.90 Å². The quantitative estimate of drug-likeness (QED) is 0.825. The summed E-state index contributed by atoms with van der Waals surface area (Å²) in [4.78, 5) is 25.4. The molecule has 1 N–H and O–H groups in total. The van der Waals surface area contributed by atoms with Crippen molar-refractivity contribution in [2.75, 3.05) is 33.4 Å². The summed E-state index contributed by atoms with van der Waals surface area (Å²) in [5.74, 6) is -1.21. The largest absolute Gasteiger partial charge is 0.481 e. The van der Waals surface area contributed by atoms with Gasteiger partial charge in [0.1, 0.15) is 0 Å². The van der Waals surface area contributed by atoms with E-state index in [9.17, 15) is 9.59 Å². The molecule has 1 aliphatic heterocycles. The fourth-order valence-corrected chi connectivity index (χ4v) is 3.10. The molecule has 2 fully saturated rings. The number of carbonyl (C=O) groups is 2. The standard InChI is InChI=1S/C14H23NO5/c1-19-9-12-8-15(5-6-20-12)13(16)10-3-2-4-11(7-10)14(17)18/h10-12H,2-9H2,1H3,(H,17,18). The fourth-order valence-electron chi connectivity index (χ4n) is 3.10. The molecule has 0 bridgehead atoms. The highest BCUT2D eigenvalue weighted by Gasteiger charge is 2.35. The van der Waals surface area contributed by atoms with Gasteiger partial charge in [-0.05, 0) is 19.3 Å². The van der Waals surface area contributed by atoms with Gasteiger partial charge in [-0.3, -0.25) is 9.59 Å². The lowest BCUT2D eigenvalue weighted by atomic mass is 9.80. The van der Waals surface area contributed by atoms with Crippen LogP contribution in [0.5, 0.6) is 0 Å². The van der Waals surface area contributed by atoms with Crippen molar-refractivity contribution in [2.45, 2.75) is 31.8 Å². The number of carbonyl (C=O) groups excluding carboxylic acids is 1. The predicted octanol–water partition coefficient (Wildman–Crippen LogP) is 0.751. The van der Waals surface area contributed by atoms with Gasteiger partial charge in [0.05, 0.1) is 25.2 Å². The molecule has 20 heavy (non-hydrogen) atoms. The Morgan fingerprint density at radius 1 is 1.35 bits per heavy atom. The van der Waals surface area contributed by atoms with Gasteiger partial charge in [0, 0.05) is 26.1 Å². The van der Waals surface area contributed by atoms with E-state index in [1.54, 1.807) is 7.11 Å². The van der Waals surface area contributed by atoms with Gasteiger partial charge in [-0.15, -0.1) is 0 Å². The van der Waals surface area contributed by atoms with Gasteiger partial charge in [0.15, 0.2) is 0 Å². The normalized spacial score (nSPS) is 31.1. The fraction of sp³-hybridized carbons (Fsp3) is 0.857. The van der Waals surface area contributed by atoms with Crippen LogP contribution in [-0.4, -0.2) is 61.4 Å². The highest BCUT2D eigenvalue weighted by Crippen LogP contribution is 2.31. The van der Waals surface area contributed by atoms with Gasteiger partial charge < -0.3 is 19.5 Å². The minimum Gasteiger partial charge on any atom is -0.481 e. The average Bonchev–Trinajstić information content (AvgIpc) is 2.47. The van der Waals surface area contributed by atoms with Crippen molar-refractivity contribution in [3.8, 4) is 0 Å². The number of carboxylic acids is 1. The molecule has 2 rings (SSSR count). The van der Waals surface area contributed by atoms with Gasteiger partial charge in [0.2, 0.25) is 5.91 Å². The summed E-state index contributed by atoms with van der Waals surface area (Å²) in [5, 5.41) is 9.10. The molecule has 114 valence electrons. The molecule has 1 saturated carbocycles. The van der Waals surface area contributed by atoms with E-state index in [-0.39, 0.29) is 23.8 Å². The summed E-state index contributed by atoms with van der Waals surface area (Å²) in [6.45, 7) is 2.13. The molecule has 0 aromatic carbocycles. The van der Waals surface area contributed by atoms with Gasteiger partial charge in [0.25, 0.3) is 0 Å². The summed E-state index contributed by atoms with van der Waals surface area (Å²) in [6, 6.07) is 0. The summed E-state index contributed by atoms with van der Waals surface area (Å²) >= 11 is 0. The molecule has 1 heterocycles. The number of morpholine rings is 1. The third-order valence-corrected chi connectivity index (χ3v) is 4.18. The Kier molecular flexibility index (Phi) is 5.37. The van der Waals surface area contributed by atoms with Gasteiger partial charge >= 0.3 is 5.97 Å². The molecule has 6 heteroatoms. The van der Waals surface area contributed by atoms with E-state index in [1.807, 2.05) is 4.90 Å². The maximum atomic E-state index is 12.5. The minimum absolute atomic E-state index is 0.0726. The molecule has 3 unspecified atom stereocenters. The molecule has 1 amide bonds. The lowest BCUT2D eigenvalue weighted by molar-refractivity contribution is -0.149. The number of hydrogen-bond acceptors (Lipinski definition) is 4. The van der Waals surface area contributed by atoms with Crippen LogP contribution in [0.1, 0.15) is 25.7 Å². The molecule has 1 saturated heterocycles. The van der Waals surface area contributed by atoms with Crippen LogP contribution in [0.2, 0.25) is 0 Å². The zero-order chi connectivity index (χ0) is 14.5. The first-order valence-corrected chi connectivity index (χ1v) is 7.24. The summed E-state index contributed by atoms with van der Waals surface area (Å²) in [6.07, 6.45) is 2.71. The van der Waals surface area contributed by atoms with Gasteiger partial charge in [-0.2, -0.15) is 0 Å². The van der Waals surface area contributed by atoms with E-state index < -0.39 is 5.97 Å². The van der Waals surface area contributed by atoms with E-state index in [1.165, 1.54) is 0 Å². The Labute approximate surface area is 119 Å². The van der Waals surface area contributed by atoms with E-state index in [4.69, 9.17) is 14.6 Å². The average molecular weight is 285 g/mol. The number of carboxylic acid groups (broad SMARTS) is 1. The SMILES string of the molecule is COCC1CN(C(=O)C2CCCC(C(=O)O)C2)CCO1. The Morgan fingerprint density at radius 2 is 2.10 bits per heavy atom. The maximum Gasteiger partial charge on any atom is 0.306 e. The van der Waals surface area contributed by atoms with Crippen molar-refractivity contribution < 1.29 is 24.2 Å². The van der Waals surface area contributed by atoms with Crippen LogP contribution in [0, 0.1) is 11.8 Å². The molecule has 1 aliphatic carbocycles. The monoisotopic (exact) mass is 285 g/mol. The Morgan fingerprint density at radius 3 is 2.80 bits per heavy atom. The zero-order valence-corrected chi connectivity index (χ0v) is 11.9. The first-order valence-electron chi connectivity index (χ1n) is 7.24. The molecular weight excluding hydrogens is 262 g/mol. The first-order chi connectivity index (χ1) is 9.61. The van der Waals surface area contributed by atoms with E-state index in [2.05, 4.69) is 0 Å². The van der Waals surface area contributed by atoms with Crippen LogP contribution in [-0.2, 0) is 19.1 Å². The smallest absolute Gasteiger partial charge is 0.306 e. The van der Waals surface area contributed by atoms with Gasteiger partial charge in [-0.25, -0.2) is 0 Å². The number of amides is 1. The molecule has 3 atom stereocenters. The van der Waals surface area contributed by atoms with Crippen LogP contribution in [0.4, 0.5) is 0 Å². The third kappa shape index (κ3) is 3.70. The second-order valence-electron chi connectivity index (χ2n) is 5.63. The third-order valence-electron chi connectivity index (χ3n) is 4.18. The minimum atomic E-state index is -0.776. The Bertz CT molecular complexity index is 357. The van der Waals surface area contributed by atoms with E-state index in [0.29, 0.717) is 39.1 Å². The second-order valence-corrected chi connectivity index (χ2v) is 5.63. The molecule has 0 spiro atoms. The topological polar surface area (TPSA) is 76.1 Å². The van der Waals surface area contributed by atoms with Crippen LogP contribution in [0.25, 0.3) is 0 Å². The summed E-state index contributed by atoms with van der Waals surface area (Å²) in [7, 11) is 1.61. The summed E-state index contributed by atoms with van der Waals surface area (Å²) < 4.78 is 10.6. The van der Waals surface area contributed by atoms with Crippen molar-refractivity contribution in [1.29, 1.82) is 0 Å². The first kappa shape index (κ1) is 15.3. The highest BCUT2D eigenvalue weighted by molar-refractivity contribution is 5.80. The number of hydrogen-bond donors (Lipinski definition) is 1. The van der Waals surface area contributed by atoms with Crippen molar-refractivity contribution in [2.24, 2.45) is 11.8 Å². The van der Waals surface area contributed by atoms with Gasteiger partial charge in [-0.1, -0.05) is 6.42 Å². The Hall–Kier alpha value is -1.14. The lowest BCUT2D eigenvalue weighted by Gasteiger charge is -2.36. The molecule has 0 radical (unpaired) electrons. The van der Waals surface area contributed by atoms with Crippen molar-refractivity contribution >= 4 is 11.9 Å². The van der Waals surface area contributed by atoms with Crippen LogP contribution in [0.15, 0.2) is 0 Å². The van der Waals surface area contributed by atoms with Crippen LogP contribution in [0.3, 0.4) is 0 Å². The van der Waals surface area contributed by atoms with Crippen LogP contribution >= 0.6 is 0 Å². The maximum absolute atomic E-state index is 12.5. The van der Waals surface area contributed by atoms with E-state index >= 15 is 0 Å². The Balaban J connectivity index is 1.91. The highest BCUT2D eigenvalue weighted by atomic mass is 16.5. The number of nitrogens with zero attached hydrogens (tertiary/aromatic N) is 1. The lowest BCUT2D eigenvalue weighted by Crippen LogP contribution is -2.49. The number of methoxy groups -OCH3 is 1. The predicted molar refractivity (Wildman–Crippen MR) is 71.3 cm³/mol. The molecule has 6 nitrogen and oxygen atoms in total. The zero-order valence-electron chi connectivity index (χ0n) is 11.9. The van der Waals surface area contributed by atoms with Crippen LogP contribution < -0.4 is 0 Å². The number of rotatable bonds is 4. The second kappa shape index (κ2) is 7.04. The van der Waals surface area contributed by atoms with Crippen molar-refractivity contribution in [3.05, 3.63) is 0 Å². The summed E-state index contributed by atoms with van der Waals surface area (Å²) in [5.41, 5.74) is 0. The molecule has 2 aliphatic rings. The molecule has 0 aromatic heterocycles. The molecule has 0 aromatic rings. The van der Waals surface area contributed by atoms with Crippen molar-refractivity contribution in [3.63, 3.8) is 0 Å². The van der Waals surface area contributed by atoms with E-state index in [0.717, 1.165) is 12.8 Å². The molecular formula is C14H23NO5. The number of aliphatic carboxylic acids is 1.